The Bertz CT molecular complexity index is 1180. The van der Waals surface area contributed by atoms with Gasteiger partial charge in [0.1, 0.15) is 0 Å². The molecule has 0 N–H and O–H groups in total. The SMILES string of the molecule is CCn1cc(N2Cc3cc(-c4cnc5ccccc5c4)ccc3C2=O)cn1. The van der Waals surface area contributed by atoms with Crippen LogP contribution in [0.15, 0.2) is 67.1 Å². The van der Waals surface area contributed by atoms with Gasteiger partial charge in [-0.15, -0.1) is 0 Å². The van der Waals surface area contributed by atoms with Gasteiger partial charge in [-0.2, -0.15) is 5.10 Å². The van der Waals surface area contributed by atoms with Crippen molar-refractivity contribution in [3.05, 3.63) is 78.2 Å². The van der Waals surface area contributed by atoms with E-state index in [1.165, 1.54) is 0 Å². The first kappa shape index (κ1) is 15.8. The van der Waals surface area contributed by atoms with Crippen LogP contribution in [-0.2, 0) is 13.1 Å². The number of aromatic nitrogens is 3. The molecule has 0 bridgehead atoms. The molecule has 5 nitrogen and oxygen atoms in total. The van der Waals surface area contributed by atoms with Crippen LogP contribution in [0, 0.1) is 0 Å². The van der Waals surface area contributed by atoms with Crippen molar-refractivity contribution in [1.82, 2.24) is 14.8 Å². The summed E-state index contributed by atoms with van der Waals surface area (Å²) in [6.07, 6.45) is 5.56. The maximum atomic E-state index is 12.8. The van der Waals surface area contributed by atoms with Crippen LogP contribution in [0.5, 0.6) is 0 Å². The molecule has 2 aromatic carbocycles. The minimum atomic E-state index is 0.0313. The maximum Gasteiger partial charge on any atom is 0.259 e. The number of benzene rings is 2. The smallest absolute Gasteiger partial charge is 0.259 e. The monoisotopic (exact) mass is 354 g/mol. The minimum Gasteiger partial charge on any atom is -0.301 e. The number of carbonyl (C=O) groups excluding carboxylic acids is 1. The zero-order valence-electron chi connectivity index (χ0n) is 15.0. The third-order valence-corrected chi connectivity index (χ3v) is 5.09. The van der Waals surface area contributed by atoms with E-state index >= 15 is 0 Å². The van der Waals surface area contributed by atoms with Crippen LogP contribution in [-0.4, -0.2) is 20.7 Å². The average Bonchev–Trinajstić information content (AvgIpc) is 3.32. The van der Waals surface area contributed by atoms with Crippen LogP contribution in [0.1, 0.15) is 22.8 Å². The van der Waals surface area contributed by atoms with Crippen molar-refractivity contribution in [2.75, 3.05) is 4.90 Å². The highest BCUT2D eigenvalue weighted by Crippen LogP contribution is 2.32. The zero-order valence-corrected chi connectivity index (χ0v) is 15.0. The quantitative estimate of drug-likeness (QED) is 0.552. The summed E-state index contributed by atoms with van der Waals surface area (Å²) in [6, 6.07) is 16.3. The van der Waals surface area contributed by atoms with Crippen LogP contribution < -0.4 is 4.90 Å². The van der Waals surface area contributed by atoms with Gasteiger partial charge in [-0.25, -0.2) is 0 Å². The number of rotatable bonds is 3. The molecule has 0 atom stereocenters. The van der Waals surface area contributed by atoms with Crippen molar-refractivity contribution < 1.29 is 4.79 Å². The van der Waals surface area contributed by atoms with Gasteiger partial charge < -0.3 is 4.90 Å². The number of carbonyl (C=O) groups is 1. The van der Waals surface area contributed by atoms with Gasteiger partial charge in [0.2, 0.25) is 0 Å². The molecule has 0 fully saturated rings. The molecule has 0 saturated carbocycles. The van der Waals surface area contributed by atoms with Crippen LogP contribution in [0.25, 0.3) is 22.0 Å². The molecular formula is C22H18N4O. The predicted octanol–water partition coefficient (Wildman–Crippen LogP) is 4.28. The highest BCUT2D eigenvalue weighted by molar-refractivity contribution is 6.10. The standard InChI is InChI=1S/C22H18N4O/c1-2-25-14-19(12-24-25)26-13-18-9-15(7-8-20(18)22(26)27)17-10-16-5-3-4-6-21(16)23-11-17/h3-12,14H,2,13H2,1H3. The normalized spacial score (nSPS) is 13.4. The molecule has 132 valence electrons. The molecule has 0 saturated heterocycles. The number of fused-ring (bicyclic) bond motifs is 2. The largest absolute Gasteiger partial charge is 0.301 e. The Hall–Kier alpha value is -3.47. The van der Waals surface area contributed by atoms with Crippen LogP contribution in [0.4, 0.5) is 5.69 Å². The molecule has 3 heterocycles. The molecule has 1 aliphatic rings. The zero-order chi connectivity index (χ0) is 18.4. The van der Waals surface area contributed by atoms with Crippen molar-refractivity contribution in [2.24, 2.45) is 0 Å². The van der Waals surface area contributed by atoms with Crippen molar-refractivity contribution in [3.8, 4) is 11.1 Å². The summed E-state index contributed by atoms with van der Waals surface area (Å²) in [6.45, 7) is 3.38. The van der Waals surface area contributed by atoms with Crippen LogP contribution in [0.2, 0.25) is 0 Å². The van der Waals surface area contributed by atoms with E-state index in [9.17, 15) is 4.79 Å². The molecule has 1 amide bonds. The molecule has 4 aromatic rings. The number of para-hydroxylation sites is 1. The Morgan fingerprint density at radius 1 is 1.04 bits per heavy atom. The second-order valence-corrected chi connectivity index (χ2v) is 6.73. The number of aryl methyl sites for hydroxylation is 1. The van der Waals surface area contributed by atoms with Gasteiger partial charge in [-0.3, -0.25) is 14.5 Å². The summed E-state index contributed by atoms with van der Waals surface area (Å²) in [7, 11) is 0. The van der Waals surface area contributed by atoms with E-state index in [2.05, 4.69) is 28.3 Å². The molecule has 1 aliphatic heterocycles. The Labute approximate surface area is 156 Å². The van der Waals surface area contributed by atoms with Gasteiger partial charge in [-0.1, -0.05) is 24.3 Å². The van der Waals surface area contributed by atoms with Gasteiger partial charge >= 0.3 is 0 Å². The Morgan fingerprint density at radius 2 is 1.93 bits per heavy atom. The number of pyridine rings is 1. The first-order valence-corrected chi connectivity index (χ1v) is 9.05. The highest BCUT2D eigenvalue weighted by Gasteiger charge is 2.29. The molecule has 0 spiro atoms. The maximum absolute atomic E-state index is 12.8. The molecule has 0 unspecified atom stereocenters. The van der Waals surface area contributed by atoms with Gasteiger partial charge in [0.15, 0.2) is 0 Å². The number of nitrogens with zero attached hydrogens (tertiary/aromatic N) is 4. The first-order valence-electron chi connectivity index (χ1n) is 9.05. The Kier molecular flexibility index (Phi) is 3.53. The van der Waals surface area contributed by atoms with E-state index < -0.39 is 0 Å². The van der Waals surface area contributed by atoms with E-state index in [0.29, 0.717) is 6.54 Å². The van der Waals surface area contributed by atoms with E-state index in [1.54, 1.807) is 11.1 Å². The lowest BCUT2D eigenvalue weighted by Gasteiger charge is -2.12. The molecule has 0 radical (unpaired) electrons. The summed E-state index contributed by atoms with van der Waals surface area (Å²) in [5, 5.41) is 5.40. The molecule has 2 aromatic heterocycles. The fourth-order valence-electron chi connectivity index (χ4n) is 3.60. The lowest BCUT2D eigenvalue weighted by molar-refractivity contribution is 0.0996. The molecule has 0 aliphatic carbocycles. The fourth-order valence-corrected chi connectivity index (χ4v) is 3.60. The minimum absolute atomic E-state index is 0.0313. The number of amides is 1. The molecule has 5 rings (SSSR count). The van der Waals surface area contributed by atoms with E-state index in [0.717, 1.165) is 45.4 Å². The van der Waals surface area contributed by atoms with Crippen LogP contribution in [0.3, 0.4) is 0 Å². The second-order valence-electron chi connectivity index (χ2n) is 6.73. The summed E-state index contributed by atoms with van der Waals surface area (Å²) < 4.78 is 1.83. The summed E-state index contributed by atoms with van der Waals surface area (Å²) >= 11 is 0. The average molecular weight is 354 g/mol. The van der Waals surface area contributed by atoms with Crippen molar-refractivity contribution in [1.29, 1.82) is 0 Å². The lowest BCUT2D eigenvalue weighted by atomic mass is 10.0. The summed E-state index contributed by atoms with van der Waals surface area (Å²) in [5.41, 5.74) is 5.75. The van der Waals surface area contributed by atoms with Crippen molar-refractivity contribution in [3.63, 3.8) is 0 Å². The Morgan fingerprint density at radius 3 is 2.78 bits per heavy atom. The topological polar surface area (TPSA) is 51.0 Å². The molecular weight excluding hydrogens is 336 g/mol. The highest BCUT2D eigenvalue weighted by atomic mass is 16.2. The van der Waals surface area contributed by atoms with Crippen molar-refractivity contribution in [2.45, 2.75) is 20.0 Å². The van der Waals surface area contributed by atoms with Crippen molar-refractivity contribution >= 4 is 22.5 Å². The van der Waals surface area contributed by atoms with Crippen LogP contribution >= 0.6 is 0 Å². The van der Waals surface area contributed by atoms with Gasteiger partial charge in [-0.05, 0) is 42.3 Å². The summed E-state index contributed by atoms with van der Waals surface area (Å²) in [5.74, 6) is 0.0313. The predicted molar refractivity (Wildman–Crippen MR) is 106 cm³/mol. The summed E-state index contributed by atoms with van der Waals surface area (Å²) in [4.78, 5) is 19.1. The third-order valence-electron chi connectivity index (χ3n) is 5.09. The molecule has 27 heavy (non-hydrogen) atoms. The lowest BCUT2D eigenvalue weighted by Crippen LogP contribution is -2.22. The fraction of sp³-hybridized carbons (Fsp3) is 0.136. The number of hydrogen-bond acceptors (Lipinski definition) is 3. The van der Waals surface area contributed by atoms with Gasteiger partial charge in [0.25, 0.3) is 5.91 Å². The Balaban J connectivity index is 1.51. The first-order chi connectivity index (χ1) is 13.2. The second kappa shape index (κ2) is 6.06. The number of anilines is 1. The van der Waals surface area contributed by atoms with Gasteiger partial charge in [0.05, 0.1) is 23.9 Å². The number of hydrogen-bond donors (Lipinski definition) is 0. The molecule has 5 heteroatoms. The van der Waals surface area contributed by atoms with E-state index in [4.69, 9.17) is 0 Å². The third kappa shape index (κ3) is 2.59. The van der Waals surface area contributed by atoms with E-state index in [-0.39, 0.29) is 5.91 Å². The van der Waals surface area contributed by atoms with Gasteiger partial charge in [0, 0.05) is 35.5 Å². The van der Waals surface area contributed by atoms with E-state index in [1.807, 2.05) is 54.3 Å².